The van der Waals surface area contributed by atoms with Crippen LogP contribution in [0.2, 0.25) is 0 Å². The van der Waals surface area contributed by atoms with Crippen LogP contribution in [0.25, 0.3) is 11.0 Å². The van der Waals surface area contributed by atoms with Gasteiger partial charge in [-0.1, -0.05) is 13.0 Å². The van der Waals surface area contributed by atoms with Crippen molar-refractivity contribution in [3.05, 3.63) is 69.4 Å². The third-order valence-electron chi connectivity index (χ3n) is 4.14. The van der Waals surface area contributed by atoms with E-state index in [-0.39, 0.29) is 11.3 Å². The summed E-state index contributed by atoms with van der Waals surface area (Å²) in [6.45, 7) is 6.23. The zero-order valence-electron chi connectivity index (χ0n) is 15.0. The first-order valence-corrected chi connectivity index (χ1v) is 8.49. The molecule has 0 bridgehead atoms. The van der Waals surface area contributed by atoms with E-state index in [9.17, 15) is 14.0 Å². The fraction of sp³-hybridized carbons (Fsp3) is 0.250. The summed E-state index contributed by atoms with van der Waals surface area (Å²) in [5, 5.41) is 2.87. The van der Waals surface area contributed by atoms with E-state index in [1.54, 1.807) is 29.7 Å². The third kappa shape index (κ3) is 3.35. The molecule has 26 heavy (non-hydrogen) atoms. The molecule has 0 saturated heterocycles. The summed E-state index contributed by atoms with van der Waals surface area (Å²) in [6.07, 6.45) is 2.32. The second-order valence-corrected chi connectivity index (χ2v) is 6.33. The van der Waals surface area contributed by atoms with E-state index < -0.39 is 17.2 Å². The van der Waals surface area contributed by atoms with Crippen LogP contribution < -0.4 is 10.7 Å². The van der Waals surface area contributed by atoms with Crippen LogP contribution in [0.4, 0.5) is 10.1 Å². The Bertz CT molecular complexity index is 1060. The van der Waals surface area contributed by atoms with Crippen molar-refractivity contribution in [1.29, 1.82) is 0 Å². The summed E-state index contributed by atoms with van der Waals surface area (Å²) in [5.74, 6) is -1.17. The number of carbonyl (C=O) groups excluding carboxylic acids is 1. The zero-order valence-corrected chi connectivity index (χ0v) is 15.0. The maximum absolute atomic E-state index is 14.0. The van der Waals surface area contributed by atoms with E-state index in [1.807, 2.05) is 13.8 Å². The molecule has 0 unspecified atom stereocenters. The number of rotatable bonds is 4. The standard InChI is InChI=1S/C20H20FN3O2/c1-4-9-24-11-15(18(25)14-7-6-13(3)22-19(14)24)20(26)23-17-8-5-12(2)10-16(17)21/h5-8,10-11H,4,9H2,1-3H3,(H,23,26). The Morgan fingerprint density at radius 3 is 2.69 bits per heavy atom. The largest absolute Gasteiger partial charge is 0.331 e. The summed E-state index contributed by atoms with van der Waals surface area (Å²) in [7, 11) is 0. The average molecular weight is 353 g/mol. The summed E-state index contributed by atoms with van der Waals surface area (Å²) in [6, 6.07) is 7.93. The second kappa shape index (κ2) is 7.07. The van der Waals surface area contributed by atoms with Crippen LogP contribution in [-0.4, -0.2) is 15.5 Å². The summed E-state index contributed by atoms with van der Waals surface area (Å²) >= 11 is 0. The number of carbonyl (C=O) groups is 1. The van der Waals surface area contributed by atoms with Crippen LogP contribution in [0.15, 0.2) is 41.3 Å². The van der Waals surface area contributed by atoms with Gasteiger partial charge in [-0.15, -0.1) is 0 Å². The van der Waals surface area contributed by atoms with Gasteiger partial charge in [0.1, 0.15) is 17.0 Å². The van der Waals surface area contributed by atoms with Crippen LogP contribution in [0.3, 0.4) is 0 Å². The molecule has 0 saturated carbocycles. The first-order chi connectivity index (χ1) is 12.4. The minimum absolute atomic E-state index is 0.0309. The number of fused-ring (bicyclic) bond motifs is 1. The van der Waals surface area contributed by atoms with Gasteiger partial charge in [0.05, 0.1) is 11.1 Å². The topological polar surface area (TPSA) is 64.0 Å². The second-order valence-electron chi connectivity index (χ2n) is 6.33. The minimum Gasteiger partial charge on any atom is -0.331 e. The van der Waals surface area contributed by atoms with Crippen molar-refractivity contribution in [2.24, 2.45) is 0 Å². The van der Waals surface area contributed by atoms with Gasteiger partial charge in [-0.05, 0) is 50.1 Å². The third-order valence-corrected chi connectivity index (χ3v) is 4.14. The monoisotopic (exact) mass is 353 g/mol. The van der Waals surface area contributed by atoms with Gasteiger partial charge in [0.25, 0.3) is 5.91 Å². The van der Waals surface area contributed by atoms with Gasteiger partial charge in [0.2, 0.25) is 5.43 Å². The van der Waals surface area contributed by atoms with Gasteiger partial charge in [0.15, 0.2) is 0 Å². The van der Waals surface area contributed by atoms with Gasteiger partial charge in [-0.25, -0.2) is 9.37 Å². The van der Waals surface area contributed by atoms with Gasteiger partial charge < -0.3 is 9.88 Å². The smallest absolute Gasteiger partial charge is 0.261 e. The fourth-order valence-electron chi connectivity index (χ4n) is 2.84. The molecule has 0 fully saturated rings. The van der Waals surface area contributed by atoms with Crippen LogP contribution in [-0.2, 0) is 6.54 Å². The molecule has 0 atom stereocenters. The molecule has 0 spiro atoms. The highest BCUT2D eigenvalue weighted by Gasteiger charge is 2.17. The molecule has 2 aromatic heterocycles. The fourth-order valence-corrected chi connectivity index (χ4v) is 2.84. The predicted molar refractivity (Wildman–Crippen MR) is 100 cm³/mol. The normalized spacial score (nSPS) is 10.9. The number of nitrogens with one attached hydrogen (secondary N) is 1. The first-order valence-electron chi connectivity index (χ1n) is 8.49. The molecule has 1 aromatic carbocycles. The summed E-state index contributed by atoms with van der Waals surface area (Å²) in [5.41, 5.74) is 1.69. The molecule has 6 heteroatoms. The summed E-state index contributed by atoms with van der Waals surface area (Å²) < 4.78 is 15.8. The predicted octanol–water partition coefficient (Wildman–Crippen LogP) is 3.81. The van der Waals surface area contributed by atoms with E-state index in [4.69, 9.17) is 0 Å². The van der Waals surface area contributed by atoms with E-state index in [0.717, 1.165) is 17.7 Å². The van der Waals surface area contributed by atoms with Crippen molar-refractivity contribution >= 4 is 22.6 Å². The molecule has 1 N–H and O–H groups in total. The van der Waals surface area contributed by atoms with E-state index in [1.165, 1.54) is 18.3 Å². The van der Waals surface area contributed by atoms with Gasteiger partial charge in [-0.2, -0.15) is 0 Å². The van der Waals surface area contributed by atoms with Crippen molar-refractivity contribution in [3.8, 4) is 0 Å². The van der Waals surface area contributed by atoms with Crippen LogP contribution in [0, 0.1) is 19.7 Å². The average Bonchev–Trinajstić information content (AvgIpc) is 2.59. The van der Waals surface area contributed by atoms with Crippen LogP contribution in [0.1, 0.15) is 35.0 Å². The summed E-state index contributed by atoms with van der Waals surface area (Å²) in [4.78, 5) is 29.8. The maximum Gasteiger partial charge on any atom is 0.261 e. The SMILES string of the molecule is CCCn1cc(C(=O)Nc2ccc(C)cc2F)c(=O)c2ccc(C)nc21. The zero-order chi connectivity index (χ0) is 18.8. The molecule has 2 heterocycles. The number of benzene rings is 1. The van der Waals surface area contributed by atoms with Crippen molar-refractivity contribution in [2.75, 3.05) is 5.32 Å². The molecule has 0 aliphatic heterocycles. The molecule has 0 radical (unpaired) electrons. The van der Waals surface area contributed by atoms with Gasteiger partial charge in [-0.3, -0.25) is 9.59 Å². The van der Waals surface area contributed by atoms with Gasteiger partial charge in [0, 0.05) is 18.4 Å². The lowest BCUT2D eigenvalue weighted by Gasteiger charge is -2.13. The number of aromatic nitrogens is 2. The lowest BCUT2D eigenvalue weighted by atomic mass is 10.1. The molecular formula is C20H20FN3O2. The Balaban J connectivity index is 2.09. The number of halogens is 1. The van der Waals surface area contributed by atoms with Crippen LogP contribution in [0.5, 0.6) is 0 Å². The molecule has 0 aliphatic carbocycles. The maximum atomic E-state index is 14.0. The Labute approximate surface area is 150 Å². The van der Waals surface area contributed by atoms with Crippen molar-refractivity contribution in [3.63, 3.8) is 0 Å². The Morgan fingerprint density at radius 1 is 1.23 bits per heavy atom. The Kier molecular flexibility index (Phi) is 4.84. The Hall–Kier alpha value is -3.02. The highest BCUT2D eigenvalue weighted by Crippen LogP contribution is 2.17. The van der Waals surface area contributed by atoms with Crippen molar-refractivity contribution < 1.29 is 9.18 Å². The highest BCUT2D eigenvalue weighted by molar-refractivity contribution is 6.05. The highest BCUT2D eigenvalue weighted by atomic mass is 19.1. The van der Waals surface area contributed by atoms with Crippen molar-refractivity contribution in [2.45, 2.75) is 33.7 Å². The minimum atomic E-state index is -0.634. The van der Waals surface area contributed by atoms with Crippen LogP contribution >= 0.6 is 0 Å². The van der Waals surface area contributed by atoms with E-state index in [2.05, 4.69) is 10.3 Å². The number of aryl methyl sites for hydroxylation is 3. The molecule has 1 amide bonds. The number of nitrogens with zero attached hydrogens (tertiary/aromatic N) is 2. The quantitative estimate of drug-likeness (QED) is 0.776. The van der Waals surface area contributed by atoms with Crippen molar-refractivity contribution in [1.82, 2.24) is 9.55 Å². The molecule has 134 valence electrons. The first kappa shape index (κ1) is 17.8. The number of hydrogen-bond acceptors (Lipinski definition) is 3. The molecular weight excluding hydrogens is 333 g/mol. The number of pyridine rings is 2. The molecule has 5 nitrogen and oxygen atoms in total. The number of amides is 1. The van der Waals surface area contributed by atoms with Gasteiger partial charge >= 0.3 is 0 Å². The Morgan fingerprint density at radius 2 is 2.00 bits per heavy atom. The molecule has 3 aromatic rings. The molecule has 3 rings (SSSR count). The lowest BCUT2D eigenvalue weighted by molar-refractivity contribution is 0.102. The number of anilines is 1. The van der Waals surface area contributed by atoms with E-state index >= 15 is 0 Å². The lowest BCUT2D eigenvalue weighted by Crippen LogP contribution is -2.24. The number of hydrogen-bond donors (Lipinski definition) is 1. The van der Waals surface area contributed by atoms with E-state index in [0.29, 0.717) is 17.6 Å². The molecule has 0 aliphatic rings.